The molecule has 0 fully saturated rings. The van der Waals surface area contributed by atoms with Gasteiger partial charge in [0.25, 0.3) is 5.56 Å². The van der Waals surface area contributed by atoms with E-state index in [1.165, 1.54) is 43.6 Å². The Morgan fingerprint density at radius 3 is 2.32 bits per heavy atom. The summed E-state index contributed by atoms with van der Waals surface area (Å²) in [6, 6.07) is 5.53. The highest BCUT2D eigenvalue weighted by Crippen LogP contribution is 2.06. The van der Waals surface area contributed by atoms with Crippen LogP contribution in [0.1, 0.15) is 45.4 Å². The minimum Gasteiger partial charge on any atom is -0.368 e. The largest absolute Gasteiger partial charge is 0.368 e. The summed E-state index contributed by atoms with van der Waals surface area (Å²) in [7, 11) is 0. The van der Waals surface area contributed by atoms with Gasteiger partial charge in [0.15, 0.2) is 0 Å². The molecule has 2 aromatic rings. The first-order valence-corrected chi connectivity index (χ1v) is 7.91. The molecule has 2 aromatic heterocycles. The Bertz CT molecular complexity index is 427. The second-order valence-corrected chi connectivity index (χ2v) is 5.42. The van der Waals surface area contributed by atoms with Crippen LogP contribution in [-0.4, -0.2) is 8.94 Å². The second kappa shape index (κ2) is 10.6. The van der Waals surface area contributed by atoms with Crippen molar-refractivity contribution in [1.82, 2.24) is 8.94 Å². The molecule has 2 heterocycles. The van der Waals surface area contributed by atoms with E-state index in [1.807, 2.05) is 33.9 Å². The first-order chi connectivity index (χ1) is 9.34. The molecule has 0 radical (unpaired) electrons. The Morgan fingerprint density at radius 1 is 1.11 bits per heavy atom. The summed E-state index contributed by atoms with van der Waals surface area (Å²) in [5, 5.41) is 1.86. The fraction of sp³-hybridized carbons (Fsp3) is 0.533. The first-order valence-electron chi connectivity index (χ1n) is 7.07. The topological polar surface area (TPSA) is 37.8 Å². The van der Waals surface area contributed by atoms with E-state index < -0.39 is 0 Å². The first kappa shape index (κ1) is 15.8. The number of unbranched alkanes of at least 4 members (excludes halogenated alkanes) is 5. The SMILES string of the molecule is CCCCCCCCn1sccc1=O.c1cc[nH]c1. The van der Waals surface area contributed by atoms with Gasteiger partial charge in [-0.2, -0.15) is 0 Å². The fourth-order valence-corrected chi connectivity index (χ4v) is 2.50. The lowest BCUT2D eigenvalue weighted by atomic mass is 10.1. The van der Waals surface area contributed by atoms with Crippen LogP contribution in [0, 0.1) is 0 Å². The van der Waals surface area contributed by atoms with Gasteiger partial charge in [-0.3, -0.25) is 8.75 Å². The van der Waals surface area contributed by atoms with E-state index in [-0.39, 0.29) is 5.56 Å². The van der Waals surface area contributed by atoms with Crippen LogP contribution in [0.4, 0.5) is 0 Å². The second-order valence-electron chi connectivity index (χ2n) is 4.50. The third-order valence-electron chi connectivity index (χ3n) is 2.86. The van der Waals surface area contributed by atoms with Crippen LogP contribution < -0.4 is 5.56 Å². The van der Waals surface area contributed by atoms with Gasteiger partial charge in [-0.25, -0.2) is 0 Å². The predicted octanol–water partition coefficient (Wildman–Crippen LogP) is 4.29. The maximum atomic E-state index is 11.2. The van der Waals surface area contributed by atoms with Crippen molar-refractivity contribution in [2.45, 2.75) is 52.0 Å². The van der Waals surface area contributed by atoms with Crippen LogP contribution in [0.3, 0.4) is 0 Å². The molecule has 0 saturated heterocycles. The molecular weight excluding hydrogens is 256 g/mol. The molecule has 0 aliphatic heterocycles. The van der Waals surface area contributed by atoms with Gasteiger partial charge in [0, 0.05) is 30.4 Å². The van der Waals surface area contributed by atoms with Gasteiger partial charge in [0.1, 0.15) is 0 Å². The number of aromatic nitrogens is 2. The normalized spacial score (nSPS) is 9.95. The van der Waals surface area contributed by atoms with Crippen LogP contribution in [0.2, 0.25) is 0 Å². The third-order valence-corrected chi connectivity index (χ3v) is 3.73. The molecule has 1 N–H and O–H groups in total. The number of rotatable bonds is 7. The monoisotopic (exact) mass is 280 g/mol. The summed E-state index contributed by atoms with van der Waals surface area (Å²) < 4.78 is 1.83. The number of aryl methyl sites for hydroxylation is 1. The zero-order valence-corrected chi connectivity index (χ0v) is 12.5. The number of H-pyrrole nitrogens is 1. The quantitative estimate of drug-likeness (QED) is 0.755. The summed E-state index contributed by atoms with van der Waals surface area (Å²) in [5.41, 5.74) is 0.156. The number of nitrogens with zero attached hydrogens (tertiary/aromatic N) is 1. The van der Waals surface area contributed by atoms with E-state index >= 15 is 0 Å². The summed E-state index contributed by atoms with van der Waals surface area (Å²) in [6.45, 7) is 3.13. The molecule has 0 bridgehead atoms. The lowest BCUT2D eigenvalue weighted by Crippen LogP contribution is -2.11. The van der Waals surface area contributed by atoms with Gasteiger partial charge >= 0.3 is 0 Å². The van der Waals surface area contributed by atoms with Crippen LogP contribution in [0.15, 0.2) is 40.8 Å². The van der Waals surface area contributed by atoms with E-state index in [4.69, 9.17) is 0 Å². The smallest absolute Gasteiger partial charge is 0.260 e. The Morgan fingerprint density at radius 2 is 1.79 bits per heavy atom. The predicted molar refractivity (Wildman–Crippen MR) is 82.7 cm³/mol. The van der Waals surface area contributed by atoms with Crippen molar-refractivity contribution in [3.8, 4) is 0 Å². The highest BCUT2D eigenvalue weighted by Gasteiger charge is 1.95. The van der Waals surface area contributed by atoms with Gasteiger partial charge in [0.2, 0.25) is 0 Å². The van der Waals surface area contributed by atoms with Gasteiger partial charge in [-0.05, 0) is 18.6 Å². The fourth-order valence-electron chi connectivity index (χ4n) is 1.77. The lowest BCUT2D eigenvalue weighted by molar-refractivity contribution is 0.569. The summed E-state index contributed by atoms with van der Waals surface area (Å²) >= 11 is 1.52. The van der Waals surface area contributed by atoms with Crippen LogP contribution in [0.5, 0.6) is 0 Å². The highest BCUT2D eigenvalue weighted by atomic mass is 32.1. The Kier molecular flexibility index (Phi) is 8.81. The van der Waals surface area contributed by atoms with Gasteiger partial charge in [-0.1, -0.05) is 50.6 Å². The van der Waals surface area contributed by atoms with E-state index in [0.717, 1.165) is 13.0 Å². The van der Waals surface area contributed by atoms with Gasteiger partial charge < -0.3 is 4.98 Å². The van der Waals surface area contributed by atoms with Crippen molar-refractivity contribution in [3.63, 3.8) is 0 Å². The van der Waals surface area contributed by atoms with E-state index in [2.05, 4.69) is 11.9 Å². The molecule has 0 aliphatic carbocycles. The van der Waals surface area contributed by atoms with E-state index in [9.17, 15) is 4.79 Å². The van der Waals surface area contributed by atoms with Crippen molar-refractivity contribution < 1.29 is 0 Å². The standard InChI is InChI=1S/C11H19NOS.C4H5N/c1-2-3-4-5-6-7-9-12-11(13)8-10-14-12;1-2-4-5-3-1/h8,10H,2-7,9H2,1H3;1-5H. The molecule has 0 spiro atoms. The minimum absolute atomic E-state index is 0.156. The van der Waals surface area contributed by atoms with Crippen LogP contribution in [0.25, 0.3) is 0 Å². The van der Waals surface area contributed by atoms with Crippen molar-refractivity contribution in [1.29, 1.82) is 0 Å². The molecular formula is C15H24N2OS. The molecule has 19 heavy (non-hydrogen) atoms. The van der Waals surface area contributed by atoms with E-state index in [0.29, 0.717) is 0 Å². The zero-order valence-electron chi connectivity index (χ0n) is 11.7. The molecule has 3 nitrogen and oxygen atoms in total. The minimum atomic E-state index is 0.156. The average Bonchev–Trinajstić information content (AvgIpc) is 3.09. The van der Waals surface area contributed by atoms with Crippen LogP contribution in [-0.2, 0) is 6.54 Å². The Hall–Kier alpha value is -1.29. The third kappa shape index (κ3) is 7.67. The number of aromatic amines is 1. The van der Waals surface area contributed by atoms with Crippen LogP contribution >= 0.6 is 11.5 Å². The molecule has 0 unspecified atom stereocenters. The molecule has 0 saturated carbocycles. The molecule has 0 aliphatic rings. The number of hydrogen-bond acceptors (Lipinski definition) is 2. The molecule has 106 valence electrons. The number of hydrogen-bond donors (Lipinski definition) is 1. The van der Waals surface area contributed by atoms with Gasteiger partial charge in [-0.15, -0.1) is 0 Å². The molecule has 0 aromatic carbocycles. The van der Waals surface area contributed by atoms with Crippen molar-refractivity contribution in [2.24, 2.45) is 0 Å². The van der Waals surface area contributed by atoms with Crippen molar-refractivity contribution >= 4 is 11.5 Å². The Balaban J connectivity index is 0.000000300. The molecule has 2 rings (SSSR count). The van der Waals surface area contributed by atoms with Crippen molar-refractivity contribution in [2.75, 3.05) is 0 Å². The Labute approximate surface area is 119 Å². The highest BCUT2D eigenvalue weighted by molar-refractivity contribution is 7.04. The maximum Gasteiger partial charge on any atom is 0.260 e. The zero-order chi connectivity index (χ0) is 13.8. The summed E-state index contributed by atoms with van der Waals surface area (Å²) in [4.78, 5) is 14.0. The lowest BCUT2D eigenvalue weighted by Gasteiger charge is -2.00. The molecule has 0 atom stereocenters. The summed E-state index contributed by atoms with van der Waals surface area (Å²) in [5.74, 6) is 0. The molecule has 0 amide bonds. The maximum absolute atomic E-state index is 11.2. The average molecular weight is 280 g/mol. The summed E-state index contributed by atoms with van der Waals surface area (Å²) in [6.07, 6.45) is 11.4. The van der Waals surface area contributed by atoms with Crippen molar-refractivity contribution in [3.05, 3.63) is 46.3 Å². The molecule has 4 heteroatoms. The number of nitrogens with one attached hydrogen (secondary N) is 1. The van der Waals surface area contributed by atoms with E-state index in [1.54, 1.807) is 6.07 Å². The van der Waals surface area contributed by atoms with Gasteiger partial charge in [0.05, 0.1) is 0 Å².